The van der Waals surface area contributed by atoms with E-state index in [0.29, 0.717) is 35.0 Å². The van der Waals surface area contributed by atoms with E-state index < -0.39 is 0 Å². The topological polar surface area (TPSA) is 63.4 Å². The van der Waals surface area contributed by atoms with E-state index in [4.69, 9.17) is 21.0 Å². The van der Waals surface area contributed by atoms with Crippen molar-refractivity contribution in [2.45, 2.75) is 18.8 Å². The van der Waals surface area contributed by atoms with Crippen LogP contribution < -0.4 is 5.43 Å². The van der Waals surface area contributed by atoms with Gasteiger partial charge in [0.2, 0.25) is 0 Å². The zero-order valence-electron chi connectivity index (χ0n) is 15.4. The van der Waals surface area contributed by atoms with E-state index in [9.17, 15) is 9.59 Å². The van der Waals surface area contributed by atoms with Gasteiger partial charge in [-0.25, -0.2) is 4.98 Å². The molecule has 0 radical (unpaired) electrons. The molecule has 2 aromatic heterocycles. The first-order valence-corrected chi connectivity index (χ1v) is 10.7. The van der Waals surface area contributed by atoms with Crippen LogP contribution in [0.2, 0.25) is 5.02 Å². The lowest BCUT2D eigenvalue weighted by Crippen LogP contribution is -2.38. The van der Waals surface area contributed by atoms with Crippen LogP contribution in [0.4, 0.5) is 0 Å². The third kappa shape index (κ3) is 3.43. The largest absolute Gasteiger partial charge is 0.451 e. The van der Waals surface area contributed by atoms with Crippen LogP contribution in [-0.4, -0.2) is 28.9 Å². The summed E-state index contributed by atoms with van der Waals surface area (Å²) in [4.78, 5) is 31.8. The maximum Gasteiger partial charge on any atom is 0.289 e. The lowest BCUT2D eigenvalue weighted by molar-refractivity contribution is 0.0681. The van der Waals surface area contributed by atoms with Crippen LogP contribution in [0.1, 0.15) is 34.3 Å². The number of benzene rings is 2. The molecule has 2 aromatic carbocycles. The van der Waals surface area contributed by atoms with Crippen molar-refractivity contribution in [2.24, 2.45) is 0 Å². The van der Waals surface area contributed by atoms with Crippen LogP contribution in [0.25, 0.3) is 21.2 Å². The van der Waals surface area contributed by atoms with Gasteiger partial charge in [-0.3, -0.25) is 9.59 Å². The number of amides is 1. The fourth-order valence-corrected chi connectivity index (χ4v) is 5.09. The molecule has 29 heavy (non-hydrogen) atoms. The third-order valence-electron chi connectivity index (χ3n) is 5.34. The van der Waals surface area contributed by atoms with E-state index in [1.54, 1.807) is 34.4 Å². The Balaban J connectivity index is 1.34. The predicted molar refractivity (Wildman–Crippen MR) is 115 cm³/mol. The van der Waals surface area contributed by atoms with Gasteiger partial charge in [-0.05, 0) is 43.2 Å². The molecule has 1 aliphatic rings. The average molecular weight is 425 g/mol. The van der Waals surface area contributed by atoms with Crippen molar-refractivity contribution in [3.63, 3.8) is 0 Å². The first-order chi connectivity index (χ1) is 14.1. The number of carbonyl (C=O) groups is 1. The van der Waals surface area contributed by atoms with Crippen molar-refractivity contribution in [1.29, 1.82) is 0 Å². The number of hydrogen-bond donors (Lipinski definition) is 0. The van der Waals surface area contributed by atoms with Crippen molar-refractivity contribution < 1.29 is 9.21 Å². The maximum atomic E-state index is 12.9. The smallest absolute Gasteiger partial charge is 0.289 e. The van der Waals surface area contributed by atoms with E-state index in [2.05, 4.69) is 6.07 Å². The van der Waals surface area contributed by atoms with Crippen LogP contribution in [0, 0.1) is 0 Å². The molecule has 146 valence electrons. The number of para-hydroxylation sites is 1. The molecular weight excluding hydrogens is 408 g/mol. The number of halogens is 1. The molecule has 0 saturated carbocycles. The molecule has 0 N–H and O–H groups in total. The number of hydrogen-bond acceptors (Lipinski definition) is 5. The molecule has 0 atom stereocenters. The molecule has 4 aromatic rings. The summed E-state index contributed by atoms with van der Waals surface area (Å²) >= 11 is 7.67. The van der Waals surface area contributed by atoms with Gasteiger partial charge in [-0.1, -0.05) is 23.7 Å². The molecule has 5 rings (SSSR count). The summed E-state index contributed by atoms with van der Waals surface area (Å²) in [6.45, 7) is 1.23. The molecule has 0 spiro atoms. The lowest BCUT2D eigenvalue weighted by atomic mass is 9.97. The summed E-state index contributed by atoms with van der Waals surface area (Å²) in [5, 5.41) is 1.97. The minimum Gasteiger partial charge on any atom is -0.451 e. The van der Waals surface area contributed by atoms with Gasteiger partial charge in [0.05, 0.1) is 20.6 Å². The summed E-state index contributed by atoms with van der Waals surface area (Å²) in [5.41, 5.74) is 1.14. The van der Waals surface area contributed by atoms with E-state index in [0.717, 1.165) is 23.4 Å². The fraction of sp³-hybridized carbons (Fsp3) is 0.227. The Bertz CT molecular complexity index is 1260. The van der Waals surface area contributed by atoms with E-state index in [1.165, 1.54) is 10.8 Å². The molecule has 7 heteroatoms. The van der Waals surface area contributed by atoms with Crippen molar-refractivity contribution in [1.82, 2.24) is 9.88 Å². The Labute approximate surface area is 175 Å². The second-order valence-electron chi connectivity index (χ2n) is 7.20. The Morgan fingerprint density at radius 3 is 2.72 bits per heavy atom. The minimum atomic E-state index is -0.263. The van der Waals surface area contributed by atoms with Crippen LogP contribution in [0.3, 0.4) is 0 Å². The Morgan fingerprint density at radius 1 is 1.14 bits per heavy atom. The molecule has 0 unspecified atom stereocenters. The molecule has 1 saturated heterocycles. The summed E-state index contributed by atoms with van der Waals surface area (Å²) in [5.74, 6) is 0.173. The number of piperidine rings is 1. The van der Waals surface area contributed by atoms with Gasteiger partial charge in [0.25, 0.3) is 5.91 Å². The fourth-order valence-electron chi connectivity index (χ4n) is 3.78. The highest BCUT2D eigenvalue weighted by molar-refractivity contribution is 7.18. The first-order valence-electron chi connectivity index (χ1n) is 9.46. The second-order valence-corrected chi connectivity index (χ2v) is 8.70. The number of carbonyl (C=O) groups excluding carboxylic acids is 1. The molecule has 1 fully saturated rings. The van der Waals surface area contributed by atoms with Crippen molar-refractivity contribution in [3.8, 4) is 0 Å². The highest BCUT2D eigenvalue weighted by Gasteiger charge is 2.28. The lowest BCUT2D eigenvalue weighted by Gasteiger charge is -2.30. The normalized spacial score (nSPS) is 15.3. The van der Waals surface area contributed by atoms with Gasteiger partial charge in [-0.15, -0.1) is 11.3 Å². The summed E-state index contributed by atoms with van der Waals surface area (Å²) < 4.78 is 6.90. The SMILES string of the molecule is O=C(c1cc(=O)c2cc(Cl)ccc2o1)N1CCC(c2nc3ccccc3s2)CC1. The van der Waals surface area contributed by atoms with E-state index >= 15 is 0 Å². The van der Waals surface area contributed by atoms with Gasteiger partial charge >= 0.3 is 0 Å². The summed E-state index contributed by atoms with van der Waals surface area (Å²) in [6.07, 6.45) is 1.69. The van der Waals surface area contributed by atoms with E-state index in [1.807, 2.05) is 18.2 Å². The summed E-state index contributed by atoms with van der Waals surface area (Å²) in [6, 6.07) is 14.2. The van der Waals surface area contributed by atoms with Crippen LogP contribution in [0.15, 0.2) is 57.7 Å². The zero-order chi connectivity index (χ0) is 20.0. The van der Waals surface area contributed by atoms with Gasteiger partial charge in [0, 0.05) is 30.1 Å². The Morgan fingerprint density at radius 2 is 1.93 bits per heavy atom. The average Bonchev–Trinajstić information content (AvgIpc) is 3.18. The molecule has 1 aliphatic heterocycles. The maximum absolute atomic E-state index is 12.9. The first kappa shape index (κ1) is 18.3. The standard InChI is InChI=1S/C22H17ClN2O3S/c23-14-5-6-18-15(11-14)17(26)12-19(28-18)22(27)25-9-7-13(8-10-25)21-24-16-3-1-2-4-20(16)29-21/h1-6,11-13H,7-10H2. The Kier molecular flexibility index (Phi) is 4.60. The number of rotatable bonds is 2. The van der Waals surface area contributed by atoms with Crippen LogP contribution >= 0.6 is 22.9 Å². The highest BCUT2D eigenvalue weighted by Crippen LogP contribution is 2.34. The molecule has 1 amide bonds. The second kappa shape index (κ2) is 7.28. The zero-order valence-corrected chi connectivity index (χ0v) is 17.0. The van der Waals surface area contributed by atoms with Gasteiger partial charge in [0.1, 0.15) is 5.58 Å². The van der Waals surface area contributed by atoms with Gasteiger partial charge in [-0.2, -0.15) is 0 Å². The van der Waals surface area contributed by atoms with Crippen LogP contribution in [0.5, 0.6) is 0 Å². The monoisotopic (exact) mass is 424 g/mol. The minimum absolute atomic E-state index is 0.0725. The number of nitrogens with zero attached hydrogens (tertiary/aromatic N) is 2. The number of likely N-dealkylation sites (tertiary alicyclic amines) is 1. The Hall–Kier alpha value is -2.70. The summed E-state index contributed by atoms with van der Waals surface area (Å²) in [7, 11) is 0. The van der Waals surface area contributed by atoms with Crippen molar-refractivity contribution in [2.75, 3.05) is 13.1 Å². The highest BCUT2D eigenvalue weighted by atomic mass is 35.5. The van der Waals surface area contributed by atoms with Gasteiger partial charge in [0.15, 0.2) is 11.2 Å². The van der Waals surface area contributed by atoms with Crippen LogP contribution in [-0.2, 0) is 0 Å². The van der Waals surface area contributed by atoms with Gasteiger partial charge < -0.3 is 9.32 Å². The van der Waals surface area contributed by atoms with E-state index in [-0.39, 0.29) is 17.1 Å². The molecule has 5 nitrogen and oxygen atoms in total. The third-order valence-corrected chi connectivity index (χ3v) is 6.78. The van der Waals surface area contributed by atoms with Crippen molar-refractivity contribution in [3.05, 3.63) is 74.5 Å². The molecular formula is C22H17ClN2O3S. The number of thiazole rings is 1. The molecule has 3 heterocycles. The van der Waals surface area contributed by atoms with Crippen molar-refractivity contribution >= 4 is 50.0 Å². The number of aromatic nitrogens is 1. The molecule has 0 aliphatic carbocycles. The number of fused-ring (bicyclic) bond motifs is 2. The molecule has 0 bridgehead atoms. The quantitative estimate of drug-likeness (QED) is 0.450. The predicted octanol–water partition coefficient (Wildman–Crippen LogP) is 5.08.